The van der Waals surface area contributed by atoms with E-state index in [4.69, 9.17) is 0 Å². The molecular formula is C20H20F4N2O3. The summed E-state index contributed by atoms with van der Waals surface area (Å²) in [7, 11) is 0. The van der Waals surface area contributed by atoms with Gasteiger partial charge in [0.05, 0.1) is 16.6 Å². The van der Waals surface area contributed by atoms with Crippen LogP contribution in [0.2, 0.25) is 0 Å². The van der Waals surface area contributed by atoms with Gasteiger partial charge in [-0.1, -0.05) is 0 Å². The van der Waals surface area contributed by atoms with Crippen LogP contribution in [-0.4, -0.2) is 34.9 Å². The molecule has 2 aliphatic rings. The third kappa shape index (κ3) is 2.81. The number of aromatic nitrogens is 1. The maximum Gasteiger partial charge on any atom is 0.397 e. The Morgan fingerprint density at radius 2 is 1.90 bits per heavy atom. The van der Waals surface area contributed by atoms with Crippen LogP contribution in [0.25, 0.3) is 10.9 Å². The Morgan fingerprint density at radius 1 is 1.28 bits per heavy atom. The number of carboxylic acids is 1. The predicted octanol–water partition coefficient (Wildman–Crippen LogP) is 4.26. The van der Waals surface area contributed by atoms with Gasteiger partial charge < -0.3 is 14.6 Å². The third-order valence-corrected chi connectivity index (χ3v) is 6.26. The molecule has 1 aliphatic heterocycles. The van der Waals surface area contributed by atoms with Crippen LogP contribution in [0.5, 0.6) is 0 Å². The molecule has 0 unspecified atom stereocenters. The van der Waals surface area contributed by atoms with Crippen molar-refractivity contribution in [1.82, 2.24) is 4.57 Å². The van der Waals surface area contributed by atoms with E-state index in [1.165, 1.54) is 11.1 Å². The molecule has 0 amide bonds. The van der Waals surface area contributed by atoms with Gasteiger partial charge in [-0.15, -0.1) is 0 Å². The number of anilines is 1. The maximum absolute atomic E-state index is 14.9. The summed E-state index contributed by atoms with van der Waals surface area (Å²) in [5, 5.41) is 9.30. The van der Waals surface area contributed by atoms with Gasteiger partial charge in [0, 0.05) is 30.7 Å². The number of alkyl halides is 3. The molecule has 9 heteroatoms. The van der Waals surface area contributed by atoms with Crippen molar-refractivity contribution in [3.63, 3.8) is 0 Å². The fourth-order valence-electron chi connectivity index (χ4n) is 4.30. The minimum atomic E-state index is -4.39. The first-order valence-electron chi connectivity index (χ1n) is 9.37. The predicted molar refractivity (Wildman–Crippen MR) is 99.1 cm³/mol. The first-order valence-corrected chi connectivity index (χ1v) is 9.37. The first-order chi connectivity index (χ1) is 13.4. The monoisotopic (exact) mass is 412 g/mol. The van der Waals surface area contributed by atoms with Crippen molar-refractivity contribution >= 4 is 22.6 Å². The van der Waals surface area contributed by atoms with Crippen molar-refractivity contribution in [2.45, 2.75) is 45.3 Å². The second-order valence-electron chi connectivity index (χ2n) is 8.31. The molecular weight excluding hydrogens is 392 g/mol. The van der Waals surface area contributed by atoms with Crippen molar-refractivity contribution in [2.24, 2.45) is 5.41 Å². The Balaban J connectivity index is 1.90. The highest BCUT2D eigenvalue weighted by molar-refractivity contribution is 5.95. The van der Waals surface area contributed by atoms with Gasteiger partial charge >= 0.3 is 12.1 Å². The van der Waals surface area contributed by atoms with Crippen molar-refractivity contribution in [1.29, 1.82) is 0 Å². The van der Waals surface area contributed by atoms with Gasteiger partial charge in [-0.3, -0.25) is 4.79 Å². The topological polar surface area (TPSA) is 62.5 Å². The number of benzene rings is 1. The van der Waals surface area contributed by atoms with E-state index in [9.17, 15) is 32.3 Å². The Hall–Kier alpha value is -2.58. The lowest BCUT2D eigenvalue weighted by Crippen LogP contribution is -2.62. The molecule has 2 aromatic rings. The molecule has 2 heterocycles. The molecule has 0 atom stereocenters. The fourth-order valence-corrected chi connectivity index (χ4v) is 4.30. The quantitative estimate of drug-likeness (QED) is 0.766. The van der Waals surface area contributed by atoms with Gasteiger partial charge in [-0.25, -0.2) is 9.18 Å². The van der Waals surface area contributed by atoms with Crippen LogP contribution in [0, 0.1) is 18.2 Å². The number of halogens is 4. The number of pyridine rings is 1. The molecule has 5 nitrogen and oxygen atoms in total. The van der Waals surface area contributed by atoms with E-state index in [-0.39, 0.29) is 30.2 Å². The Bertz CT molecular complexity index is 1080. The molecule has 156 valence electrons. The molecule has 4 rings (SSSR count). The third-order valence-electron chi connectivity index (χ3n) is 6.26. The van der Waals surface area contributed by atoms with E-state index >= 15 is 0 Å². The van der Waals surface area contributed by atoms with E-state index in [0.717, 1.165) is 32.3 Å². The van der Waals surface area contributed by atoms with E-state index in [1.54, 1.807) is 11.5 Å². The number of carboxylic acid groups (broad SMARTS) is 1. The fraction of sp³-hybridized carbons (Fsp3) is 0.500. The second kappa shape index (κ2) is 6.21. The van der Waals surface area contributed by atoms with Gasteiger partial charge in [0.25, 0.3) is 0 Å². The zero-order valence-corrected chi connectivity index (χ0v) is 15.9. The summed E-state index contributed by atoms with van der Waals surface area (Å²) in [5.74, 6) is -2.21. The summed E-state index contributed by atoms with van der Waals surface area (Å²) < 4.78 is 56.2. The number of hydrogen-bond acceptors (Lipinski definition) is 3. The van der Waals surface area contributed by atoms with Crippen molar-refractivity contribution in [3.05, 3.63) is 39.4 Å². The smallest absolute Gasteiger partial charge is 0.397 e. The SMILES string of the molecule is Cc1c(N2CC(C)(C(F)(F)F)C2)c(F)cc2c(=O)c(C(=O)O)cn(C3CCC3)c12. The normalized spacial score (nSPS) is 19.2. The summed E-state index contributed by atoms with van der Waals surface area (Å²) in [4.78, 5) is 25.5. The van der Waals surface area contributed by atoms with Crippen LogP contribution >= 0.6 is 0 Å². The summed E-state index contributed by atoms with van der Waals surface area (Å²) in [6, 6.07) is 0.940. The molecule has 1 saturated heterocycles. The molecule has 1 aromatic heterocycles. The number of rotatable bonds is 3. The van der Waals surface area contributed by atoms with Crippen LogP contribution in [0.15, 0.2) is 17.1 Å². The average molecular weight is 412 g/mol. The van der Waals surface area contributed by atoms with Crippen LogP contribution in [0.3, 0.4) is 0 Å². The largest absolute Gasteiger partial charge is 0.477 e. The molecule has 1 N–H and O–H groups in total. The Kier molecular flexibility index (Phi) is 4.22. The lowest BCUT2D eigenvalue weighted by molar-refractivity contribution is -0.225. The molecule has 1 aromatic carbocycles. The number of carbonyl (C=O) groups is 1. The second-order valence-corrected chi connectivity index (χ2v) is 8.31. The van der Waals surface area contributed by atoms with Gasteiger partial charge in [-0.2, -0.15) is 13.2 Å². The lowest BCUT2D eigenvalue weighted by Gasteiger charge is -2.50. The van der Waals surface area contributed by atoms with Crippen LogP contribution in [0.1, 0.15) is 48.1 Å². The van der Waals surface area contributed by atoms with Gasteiger partial charge in [-0.05, 0) is 44.7 Å². The summed E-state index contributed by atoms with van der Waals surface area (Å²) in [5.41, 5.74) is -2.37. The van der Waals surface area contributed by atoms with Gasteiger partial charge in [0.2, 0.25) is 5.43 Å². The molecule has 2 fully saturated rings. The van der Waals surface area contributed by atoms with E-state index < -0.39 is 34.4 Å². The van der Waals surface area contributed by atoms with Gasteiger partial charge in [0.15, 0.2) is 0 Å². The minimum absolute atomic E-state index is 0.0231. The highest BCUT2D eigenvalue weighted by atomic mass is 19.4. The van der Waals surface area contributed by atoms with Crippen molar-refractivity contribution in [2.75, 3.05) is 18.0 Å². The zero-order valence-electron chi connectivity index (χ0n) is 15.9. The van der Waals surface area contributed by atoms with E-state index in [2.05, 4.69) is 0 Å². The standard InChI is InChI=1S/C20H20F4N2O3/c1-10-15-12(17(27)13(18(28)29)7-26(15)11-4-3-5-11)6-14(21)16(10)25-8-19(2,9-25)20(22,23)24/h6-7,11H,3-5,8-9H2,1-2H3,(H,28,29). The maximum atomic E-state index is 14.9. The highest BCUT2D eigenvalue weighted by Gasteiger charge is 2.58. The molecule has 0 spiro atoms. The van der Waals surface area contributed by atoms with Crippen molar-refractivity contribution in [3.8, 4) is 0 Å². The molecule has 0 radical (unpaired) electrons. The molecule has 0 bridgehead atoms. The summed E-state index contributed by atoms with van der Waals surface area (Å²) in [6.45, 7) is 1.92. The van der Waals surface area contributed by atoms with E-state index in [0.29, 0.717) is 11.1 Å². The highest BCUT2D eigenvalue weighted by Crippen LogP contribution is 2.48. The lowest BCUT2D eigenvalue weighted by atomic mass is 9.80. The zero-order chi connectivity index (χ0) is 21.3. The Morgan fingerprint density at radius 3 is 2.38 bits per heavy atom. The van der Waals surface area contributed by atoms with Crippen LogP contribution in [0.4, 0.5) is 23.2 Å². The molecule has 1 aliphatic carbocycles. The molecule has 29 heavy (non-hydrogen) atoms. The summed E-state index contributed by atoms with van der Waals surface area (Å²) in [6.07, 6.45) is -0.585. The Labute approximate surface area is 163 Å². The number of fused-ring (bicyclic) bond motifs is 1. The number of aromatic carboxylic acids is 1. The van der Waals surface area contributed by atoms with Crippen LogP contribution in [-0.2, 0) is 0 Å². The number of nitrogens with zero attached hydrogens (tertiary/aromatic N) is 2. The van der Waals surface area contributed by atoms with Crippen molar-refractivity contribution < 1.29 is 27.5 Å². The number of hydrogen-bond donors (Lipinski definition) is 1. The minimum Gasteiger partial charge on any atom is -0.477 e. The average Bonchev–Trinajstić information content (AvgIpc) is 2.52. The number of aryl methyl sites for hydroxylation is 1. The van der Waals surface area contributed by atoms with Gasteiger partial charge in [0.1, 0.15) is 11.4 Å². The first kappa shape index (κ1) is 19.7. The molecule has 1 saturated carbocycles. The van der Waals surface area contributed by atoms with Crippen LogP contribution < -0.4 is 10.3 Å². The van der Waals surface area contributed by atoms with E-state index in [1.807, 2.05) is 0 Å². The summed E-state index contributed by atoms with van der Waals surface area (Å²) >= 11 is 0.